The second kappa shape index (κ2) is 10.1. The van der Waals surface area contributed by atoms with Crippen molar-refractivity contribution >= 4 is 5.91 Å². The molecule has 1 aliphatic rings. The third-order valence-corrected chi connectivity index (χ3v) is 4.19. The SMILES string of the molecule is CCCNC1CCN(CC(=O)NC(C)COC)CC1CC. The molecule has 124 valence electrons. The van der Waals surface area contributed by atoms with Crippen molar-refractivity contribution in [1.82, 2.24) is 15.5 Å². The third kappa shape index (κ3) is 6.76. The molecule has 0 aliphatic carbocycles. The zero-order valence-corrected chi connectivity index (χ0v) is 14.2. The van der Waals surface area contributed by atoms with Gasteiger partial charge in [0.15, 0.2) is 0 Å². The summed E-state index contributed by atoms with van der Waals surface area (Å²) < 4.78 is 5.04. The molecule has 1 heterocycles. The van der Waals surface area contributed by atoms with Crippen LogP contribution in [0.2, 0.25) is 0 Å². The molecular formula is C16H33N3O2. The molecule has 0 saturated carbocycles. The number of hydrogen-bond donors (Lipinski definition) is 2. The highest BCUT2D eigenvalue weighted by Gasteiger charge is 2.28. The van der Waals surface area contributed by atoms with Crippen LogP contribution in [0.25, 0.3) is 0 Å². The number of piperidine rings is 1. The van der Waals surface area contributed by atoms with Gasteiger partial charge in [0.25, 0.3) is 0 Å². The van der Waals surface area contributed by atoms with Gasteiger partial charge in [0.1, 0.15) is 0 Å². The van der Waals surface area contributed by atoms with Gasteiger partial charge in [-0.15, -0.1) is 0 Å². The highest BCUT2D eigenvalue weighted by Crippen LogP contribution is 2.20. The van der Waals surface area contributed by atoms with Gasteiger partial charge in [-0.3, -0.25) is 9.69 Å². The number of carbonyl (C=O) groups excluding carboxylic acids is 1. The molecule has 1 amide bonds. The molecule has 0 aromatic rings. The first-order valence-corrected chi connectivity index (χ1v) is 8.34. The van der Waals surface area contributed by atoms with Gasteiger partial charge in [0, 0.05) is 32.3 Å². The van der Waals surface area contributed by atoms with Gasteiger partial charge < -0.3 is 15.4 Å². The van der Waals surface area contributed by atoms with Crippen LogP contribution in [0.3, 0.4) is 0 Å². The summed E-state index contributed by atoms with van der Waals surface area (Å²) >= 11 is 0. The van der Waals surface area contributed by atoms with Gasteiger partial charge >= 0.3 is 0 Å². The van der Waals surface area contributed by atoms with Crippen molar-refractivity contribution in [3.05, 3.63) is 0 Å². The minimum atomic E-state index is 0.0771. The van der Waals surface area contributed by atoms with Crippen LogP contribution in [-0.2, 0) is 9.53 Å². The maximum Gasteiger partial charge on any atom is 0.234 e. The standard InChI is InChI=1S/C16H33N3O2/c1-5-8-17-15-7-9-19(10-14(15)6-2)11-16(20)18-13(3)12-21-4/h13-15,17H,5-12H2,1-4H3,(H,18,20). The van der Waals surface area contributed by atoms with Crippen molar-refractivity contribution in [2.45, 2.75) is 52.1 Å². The number of rotatable bonds is 9. The van der Waals surface area contributed by atoms with E-state index in [0.29, 0.717) is 25.1 Å². The van der Waals surface area contributed by atoms with Gasteiger partial charge in [0.05, 0.1) is 13.2 Å². The molecule has 2 N–H and O–H groups in total. The normalized spacial score (nSPS) is 24.8. The molecule has 3 unspecified atom stereocenters. The minimum Gasteiger partial charge on any atom is -0.383 e. The Hall–Kier alpha value is -0.650. The number of likely N-dealkylation sites (tertiary alicyclic amines) is 1. The topological polar surface area (TPSA) is 53.6 Å². The highest BCUT2D eigenvalue weighted by atomic mass is 16.5. The van der Waals surface area contributed by atoms with E-state index < -0.39 is 0 Å². The lowest BCUT2D eigenvalue weighted by molar-refractivity contribution is -0.123. The largest absolute Gasteiger partial charge is 0.383 e. The minimum absolute atomic E-state index is 0.0771. The number of amides is 1. The summed E-state index contributed by atoms with van der Waals surface area (Å²) in [4.78, 5) is 14.3. The zero-order chi connectivity index (χ0) is 15.7. The Bertz CT molecular complexity index is 299. The lowest BCUT2D eigenvalue weighted by atomic mass is 9.90. The van der Waals surface area contributed by atoms with Crippen LogP contribution in [-0.4, -0.2) is 62.8 Å². The van der Waals surface area contributed by atoms with Crippen LogP contribution >= 0.6 is 0 Å². The van der Waals surface area contributed by atoms with E-state index in [1.54, 1.807) is 7.11 Å². The lowest BCUT2D eigenvalue weighted by Crippen LogP contribution is -2.52. The molecule has 1 aliphatic heterocycles. The molecule has 3 atom stereocenters. The Labute approximate surface area is 129 Å². The molecule has 0 bridgehead atoms. The molecule has 1 saturated heterocycles. The second-order valence-electron chi connectivity index (χ2n) is 6.18. The van der Waals surface area contributed by atoms with Crippen LogP contribution in [0.15, 0.2) is 0 Å². The quantitative estimate of drug-likeness (QED) is 0.672. The van der Waals surface area contributed by atoms with E-state index in [1.807, 2.05) is 6.92 Å². The Morgan fingerprint density at radius 1 is 1.43 bits per heavy atom. The summed E-state index contributed by atoms with van der Waals surface area (Å²) in [5, 5.41) is 6.64. The van der Waals surface area contributed by atoms with Crippen LogP contribution in [0.5, 0.6) is 0 Å². The maximum atomic E-state index is 12.0. The fourth-order valence-corrected chi connectivity index (χ4v) is 3.08. The molecule has 0 aromatic heterocycles. The van der Waals surface area contributed by atoms with Gasteiger partial charge in [-0.05, 0) is 32.2 Å². The molecule has 5 heteroatoms. The highest BCUT2D eigenvalue weighted by molar-refractivity contribution is 5.78. The van der Waals surface area contributed by atoms with E-state index >= 15 is 0 Å². The fourth-order valence-electron chi connectivity index (χ4n) is 3.08. The first-order chi connectivity index (χ1) is 10.1. The van der Waals surface area contributed by atoms with E-state index in [-0.39, 0.29) is 11.9 Å². The van der Waals surface area contributed by atoms with Crippen LogP contribution in [0.1, 0.15) is 40.0 Å². The van der Waals surface area contributed by atoms with E-state index in [0.717, 1.165) is 26.1 Å². The van der Waals surface area contributed by atoms with Crippen molar-refractivity contribution in [3.63, 3.8) is 0 Å². The van der Waals surface area contributed by atoms with Crippen LogP contribution < -0.4 is 10.6 Å². The van der Waals surface area contributed by atoms with E-state index in [4.69, 9.17) is 4.74 Å². The smallest absolute Gasteiger partial charge is 0.234 e. The number of nitrogens with one attached hydrogen (secondary N) is 2. The van der Waals surface area contributed by atoms with Gasteiger partial charge in [0.2, 0.25) is 5.91 Å². The fraction of sp³-hybridized carbons (Fsp3) is 0.938. The monoisotopic (exact) mass is 299 g/mol. The molecule has 0 spiro atoms. The summed E-state index contributed by atoms with van der Waals surface area (Å²) in [7, 11) is 1.66. The molecule has 1 fully saturated rings. The van der Waals surface area contributed by atoms with Crippen molar-refractivity contribution in [2.75, 3.05) is 39.9 Å². The number of hydrogen-bond acceptors (Lipinski definition) is 4. The first-order valence-electron chi connectivity index (χ1n) is 8.34. The Morgan fingerprint density at radius 2 is 2.19 bits per heavy atom. The van der Waals surface area contributed by atoms with Gasteiger partial charge in [-0.25, -0.2) is 0 Å². The number of nitrogens with zero attached hydrogens (tertiary/aromatic N) is 1. The van der Waals surface area contributed by atoms with E-state index in [2.05, 4.69) is 29.4 Å². The average molecular weight is 299 g/mol. The summed E-state index contributed by atoms with van der Waals surface area (Å²) in [5.74, 6) is 0.754. The Morgan fingerprint density at radius 3 is 2.81 bits per heavy atom. The van der Waals surface area contributed by atoms with E-state index in [1.165, 1.54) is 12.8 Å². The lowest BCUT2D eigenvalue weighted by Gasteiger charge is -2.38. The summed E-state index contributed by atoms with van der Waals surface area (Å²) in [6, 6.07) is 0.690. The van der Waals surface area contributed by atoms with Crippen LogP contribution in [0, 0.1) is 5.92 Å². The first kappa shape index (κ1) is 18.4. The predicted octanol–water partition coefficient (Wildman–Crippen LogP) is 1.24. The van der Waals surface area contributed by atoms with Crippen LogP contribution in [0.4, 0.5) is 0 Å². The summed E-state index contributed by atoms with van der Waals surface area (Å²) in [5.41, 5.74) is 0. The van der Waals surface area contributed by atoms with Crippen molar-refractivity contribution < 1.29 is 9.53 Å². The third-order valence-electron chi connectivity index (χ3n) is 4.19. The average Bonchev–Trinajstić information content (AvgIpc) is 2.45. The van der Waals surface area contributed by atoms with Crippen molar-refractivity contribution in [3.8, 4) is 0 Å². The Kier molecular flexibility index (Phi) is 8.88. The zero-order valence-electron chi connectivity index (χ0n) is 14.2. The molecule has 0 radical (unpaired) electrons. The van der Waals surface area contributed by atoms with Gasteiger partial charge in [-0.2, -0.15) is 0 Å². The summed E-state index contributed by atoms with van der Waals surface area (Å²) in [6.45, 7) is 10.6. The molecule has 1 rings (SSSR count). The maximum absolute atomic E-state index is 12.0. The van der Waals surface area contributed by atoms with Gasteiger partial charge in [-0.1, -0.05) is 20.3 Å². The predicted molar refractivity (Wildman–Crippen MR) is 86.4 cm³/mol. The second-order valence-corrected chi connectivity index (χ2v) is 6.18. The Balaban J connectivity index is 2.36. The van der Waals surface area contributed by atoms with Crippen molar-refractivity contribution in [1.29, 1.82) is 0 Å². The molecular weight excluding hydrogens is 266 g/mol. The number of carbonyl (C=O) groups is 1. The summed E-state index contributed by atoms with van der Waals surface area (Å²) in [6.07, 6.45) is 3.48. The molecule has 5 nitrogen and oxygen atoms in total. The number of ether oxygens (including phenoxy) is 1. The molecule has 21 heavy (non-hydrogen) atoms. The molecule has 0 aromatic carbocycles. The van der Waals surface area contributed by atoms with Crippen molar-refractivity contribution in [2.24, 2.45) is 5.92 Å². The number of methoxy groups -OCH3 is 1. The van der Waals surface area contributed by atoms with E-state index in [9.17, 15) is 4.79 Å².